The van der Waals surface area contributed by atoms with Gasteiger partial charge in [-0.05, 0) is 0 Å². The number of benzene rings is 1. The van der Waals surface area contributed by atoms with Gasteiger partial charge in [0.25, 0.3) is 0 Å². The molecule has 0 radical (unpaired) electrons. The van der Waals surface area contributed by atoms with E-state index in [1.165, 1.54) is 25.4 Å². The van der Waals surface area contributed by atoms with Crippen molar-refractivity contribution in [3.05, 3.63) is 53.2 Å². The quantitative estimate of drug-likeness (QED) is 0.709. The summed E-state index contributed by atoms with van der Waals surface area (Å²) < 4.78 is 40.2. The first kappa shape index (κ1) is 14.6. The fourth-order valence-corrected chi connectivity index (χ4v) is 3.58. The molecule has 1 N–H and O–H groups in total. The van der Waals surface area contributed by atoms with Crippen LogP contribution in [0.3, 0.4) is 0 Å². The first-order valence-corrected chi connectivity index (χ1v) is 7.88. The van der Waals surface area contributed by atoms with Crippen LogP contribution < -0.4 is 5.32 Å². The fourth-order valence-electron chi connectivity index (χ4n) is 2.40. The van der Waals surface area contributed by atoms with Crippen molar-refractivity contribution < 1.29 is 32.5 Å². The van der Waals surface area contributed by atoms with Gasteiger partial charge in [0.15, 0.2) is 0 Å². The number of hydrogen-bond acceptors (Lipinski definition) is 2. The number of fused-ring (bicyclic) bond motifs is 1. The molecule has 2 heterocycles. The molecule has 2 nitrogen and oxygen atoms in total. The number of halogens is 3. The van der Waals surface area contributed by atoms with Gasteiger partial charge in [-0.2, -0.15) is 0 Å². The van der Waals surface area contributed by atoms with Gasteiger partial charge in [0.2, 0.25) is 0 Å². The predicted molar refractivity (Wildman–Crippen MR) is 70.5 cm³/mol. The van der Waals surface area contributed by atoms with Crippen LogP contribution in [0.1, 0.15) is 16.8 Å². The second-order valence-electron chi connectivity index (χ2n) is 4.76. The zero-order chi connectivity index (χ0) is 15.0. The van der Waals surface area contributed by atoms with E-state index in [9.17, 15) is 13.2 Å². The summed E-state index contributed by atoms with van der Waals surface area (Å²) in [4.78, 5) is 3.91. The van der Waals surface area contributed by atoms with Crippen LogP contribution in [0.25, 0.3) is 11.3 Å². The monoisotopic (exact) mass is 460 g/mol. The van der Waals surface area contributed by atoms with Gasteiger partial charge in [-0.1, -0.05) is 0 Å². The molecule has 6 heteroatoms. The van der Waals surface area contributed by atoms with Gasteiger partial charge in [-0.25, -0.2) is 0 Å². The molecule has 0 fully saturated rings. The molecule has 0 saturated carbocycles. The van der Waals surface area contributed by atoms with Crippen molar-refractivity contribution in [2.24, 2.45) is 0 Å². The minimum absolute atomic E-state index is 0.414. The molecule has 0 saturated heterocycles. The number of aromatic nitrogens is 1. The van der Waals surface area contributed by atoms with Crippen molar-refractivity contribution in [3.63, 3.8) is 0 Å². The number of rotatable bonds is 1. The molecule has 21 heavy (non-hydrogen) atoms. The third-order valence-electron chi connectivity index (χ3n) is 3.35. The van der Waals surface area contributed by atoms with Crippen LogP contribution in [0.5, 0.6) is 0 Å². The van der Waals surface area contributed by atoms with Gasteiger partial charge in [0.05, 0.1) is 0 Å². The molecule has 0 bridgehead atoms. The summed E-state index contributed by atoms with van der Waals surface area (Å²) in [6, 6.07) is 10.2. The summed E-state index contributed by atoms with van der Waals surface area (Å²) in [6.45, 7) is 0.668. The van der Waals surface area contributed by atoms with Crippen molar-refractivity contribution in [1.29, 1.82) is 0 Å². The molecule has 1 aliphatic rings. The third-order valence-corrected chi connectivity index (χ3v) is 4.60. The van der Waals surface area contributed by atoms with Crippen molar-refractivity contribution >= 4 is 4.02 Å². The molecule has 0 spiro atoms. The van der Waals surface area contributed by atoms with Crippen LogP contribution in [0.4, 0.5) is 13.2 Å². The Bertz CT molecular complexity index is 696. The van der Waals surface area contributed by atoms with Crippen LogP contribution in [0.15, 0.2) is 36.4 Å². The number of nitrogens with one attached hydrogen (secondary N) is 1. The van der Waals surface area contributed by atoms with Gasteiger partial charge in [-0.3, -0.25) is 0 Å². The molecule has 2 aromatic rings. The summed E-state index contributed by atoms with van der Waals surface area (Å²) in [5.74, 6) is 0. The van der Waals surface area contributed by atoms with E-state index in [1.807, 2.05) is 18.2 Å². The van der Waals surface area contributed by atoms with E-state index in [1.54, 1.807) is 12.1 Å². The van der Waals surface area contributed by atoms with Crippen LogP contribution in [-0.2, 0) is 32.0 Å². The zero-order valence-corrected chi connectivity index (χ0v) is 13.8. The zero-order valence-electron chi connectivity index (χ0n) is 10.9. The molecular formula is C15H11F3N2W. The Kier molecular flexibility index (Phi) is 3.80. The molecule has 0 atom stereocenters. The number of hydrogen-bond donors (Lipinski definition) is 1. The third kappa shape index (κ3) is 2.85. The summed E-state index contributed by atoms with van der Waals surface area (Å²) in [7, 11) is 0. The first-order chi connectivity index (χ1) is 9.97. The van der Waals surface area contributed by atoms with E-state index >= 15 is 0 Å². The predicted octanol–water partition coefficient (Wildman–Crippen LogP) is 2.94. The average molecular weight is 460 g/mol. The van der Waals surface area contributed by atoms with E-state index in [-0.39, 0.29) is 0 Å². The Morgan fingerprint density at radius 3 is 2.52 bits per heavy atom. The summed E-state index contributed by atoms with van der Waals surface area (Å²) in [5, 5.41) is 3.24. The van der Waals surface area contributed by atoms with Gasteiger partial charge in [0.1, 0.15) is 0 Å². The number of alkyl halides is 3. The Labute approximate surface area is 130 Å². The van der Waals surface area contributed by atoms with Crippen LogP contribution >= 0.6 is 0 Å². The number of pyridine rings is 1. The maximum atomic E-state index is 13.1. The fraction of sp³-hybridized carbons (Fsp3) is 0.200. The Hall–Kier alpha value is -1.32. The maximum absolute atomic E-state index is 13.1. The second kappa shape index (κ2) is 5.47. The van der Waals surface area contributed by atoms with Crippen molar-refractivity contribution in [2.45, 2.75) is 12.6 Å². The molecular weight excluding hydrogens is 449 g/mol. The van der Waals surface area contributed by atoms with E-state index in [2.05, 4.69) is 10.3 Å². The first-order valence-electron chi connectivity index (χ1n) is 6.41. The van der Waals surface area contributed by atoms with Crippen molar-refractivity contribution in [3.8, 4) is 11.3 Å². The molecule has 0 amide bonds. The molecule has 1 aromatic heterocycles. The standard InChI is InChI=1S/C15H11F3N2.W/c16-15(17,18)13-8-11-6-7-19-9-12(11)14(20-13)10-4-2-1-3-5-10;/h1-5,8,19H,6-7H2;. The summed E-state index contributed by atoms with van der Waals surface area (Å²) in [6.07, 6.45) is -3.85. The molecule has 3 rings (SSSR count). The van der Waals surface area contributed by atoms with Gasteiger partial charge in [0, 0.05) is 0 Å². The molecule has 0 aliphatic carbocycles. The van der Waals surface area contributed by atoms with Crippen molar-refractivity contribution in [2.75, 3.05) is 6.54 Å². The SMILES string of the molecule is FC(F)(F)c1cc2c(c(-c3ccccc3)n1)[C](=[W])NCC2. The van der Waals surface area contributed by atoms with Gasteiger partial charge < -0.3 is 0 Å². The second-order valence-corrected chi connectivity index (χ2v) is 6.23. The molecule has 1 aliphatic heterocycles. The van der Waals surface area contributed by atoms with Crippen molar-refractivity contribution in [1.82, 2.24) is 10.3 Å². The Morgan fingerprint density at radius 1 is 1.14 bits per heavy atom. The van der Waals surface area contributed by atoms with Gasteiger partial charge >= 0.3 is 130 Å². The van der Waals surface area contributed by atoms with Gasteiger partial charge in [-0.15, -0.1) is 0 Å². The Morgan fingerprint density at radius 2 is 1.86 bits per heavy atom. The van der Waals surface area contributed by atoms with E-state index < -0.39 is 11.9 Å². The molecule has 108 valence electrons. The normalized spacial score (nSPS) is 14.9. The van der Waals surface area contributed by atoms with E-state index in [4.69, 9.17) is 0 Å². The number of nitrogens with zero attached hydrogens (tertiary/aromatic N) is 1. The van der Waals surface area contributed by atoms with Crippen LogP contribution in [0, 0.1) is 0 Å². The van der Waals surface area contributed by atoms with Crippen LogP contribution in [0.2, 0.25) is 0 Å². The van der Waals surface area contributed by atoms with Crippen LogP contribution in [-0.4, -0.2) is 15.6 Å². The summed E-state index contributed by atoms with van der Waals surface area (Å²) in [5.41, 5.74) is 1.86. The van der Waals surface area contributed by atoms with E-state index in [0.717, 1.165) is 15.1 Å². The topological polar surface area (TPSA) is 24.9 Å². The molecule has 1 aromatic carbocycles. The summed E-state index contributed by atoms with van der Waals surface area (Å²) >= 11 is 1.20. The molecule has 0 unspecified atom stereocenters. The Balaban J connectivity index is 2.28. The van der Waals surface area contributed by atoms with E-state index in [0.29, 0.717) is 24.2 Å². The minimum atomic E-state index is -4.43. The average Bonchev–Trinajstić information content (AvgIpc) is 2.46.